The number of nitrogens with one attached hydrogen (secondary N) is 2. The van der Waals surface area contributed by atoms with Crippen molar-refractivity contribution in [1.82, 2.24) is 20.8 Å². The molecule has 2 N–H and O–H groups in total. The molecule has 1 saturated carbocycles. The van der Waals surface area contributed by atoms with Crippen LogP contribution in [0, 0.1) is 5.41 Å². The number of rotatable bonds is 4. The van der Waals surface area contributed by atoms with Crippen LogP contribution in [0.1, 0.15) is 74.1 Å². The Morgan fingerprint density at radius 1 is 1.33 bits per heavy atom. The van der Waals surface area contributed by atoms with Crippen molar-refractivity contribution in [3.8, 4) is 0 Å². The van der Waals surface area contributed by atoms with Crippen LogP contribution in [0.3, 0.4) is 0 Å². The van der Waals surface area contributed by atoms with E-state index in [1.807, 2.05) is 6.07 Å². The highest BCUT2D eigenvalue weighted by molar-refractivity contribution is 6.06. The average Bonchev–Trinajstić information content (AvgIpc) is 3.37. The van der Waals surface area contributed by atoms with E-state index in [0.717, 1.165) is 62.0 Å². The minimum atomic E-state index is -0.0358. The first-order valence-electron chi connectivity index (χ1n) is 9.71. The standard InChI is InChI=1S/C20H28N4O2.ClH/c1-20(2,3)10-16-17-14(18(25)22-13-5-4-8-21-11-13)9-15(12-6-7-12)23-19(17)26-24-16;/h9,12-13,21H,4-8,10-11H2,1-3H3,(H,22,25);1H. The Bertz CT molecular complexity index is 817. The summed E-state index contributed by atoms with van der Waals surface area (Å²) in [5, 5.41) is 11.6. The summed E-state index contributed by atoms with van der Waals surface area (Å²) in [6.07, 6.45) is 5.12. The summed E-state index contributed by atoms with van der Waals surface area (Å²) in [7, 11) is 0. The first kappa shape index (κ1) is 20.1. The minimum absolute atomic E-state index is 0. The van der Waals surface area contributed by atoms with Crippen LogP contribution < -0.4 is 10.6 Å². The number of pyridine rings is 1. The van der Waals surface area contributed by atoms with Crippen molar-refractivity contribution in [1.29, 1.82) is 0 Å². The number of aromatic nitrogens is 2. The predicted octanol–water partition coefficient (Wildman–Crippen LogP) is 3.59. The summed E-state index contributed by atoms with van der Waals surface area (Å²) < 4.78 is 5.54. The normalized spacial score (nSPS) is 20.3. The van der Waals surface area contributed by atoms with Crippen molar-refractivity contribution >= 4 is 29.4 Å². The van der Waals surface area contributed by atoms with Crippen molar-refractivity contribution in [2.45, 2.75) is 64.8 Å². The number of halogens is 1. The SMILES string of the molecule is CC(C)(C)Cc1noc2nc(C3CC3)cc(C(=O)NC3CCCNC3)c12.Cl. The fourth-order valence-corrected chi connectivity index (χ4v) is 3.66. The second kappa shape index (κ2) is 7.76. The lowest BCUT2D eigenvalue weighted by molar-refractivity contribution is 0.0932. The minimum Gasteiger partial charge on any atom is -0.348 e. The first-order chi connectivity index (χ1) is 12.4. The molecule has 1 aliphatic carbocycles. The molecule has 1 atom stereocenters. The van der Waals surface area contributed by atoms with Crippen molar-refractivity contribution in [2.24, 2.45) is 5.41 Å². The molecule has 0 bridgehead atoms. The molecule has 0 radical (unpaired) electrons. The van der Waals surface area contributed by atoms with Gasteiger partial charge in [-0.3, -0.25) is 4.79 Å². The number of carbonyl (C=O) groups is 1. The number of carbonyl (C=O) groups excluding carboxylic acids is 1. The summed E-state index contributed by atoms with van der Waals surface area (Å²) in [5.41, 5.74) is 3.01. The van der Waals surface area contributed by atoms with Gasteiger partial charge in [0.05, 0.1) is 16.6 Å². The molecular formula is C20H29ClN4O2. The average molecular weight is 393 g/mol. The largest absolute Gasteiger partial charge is 0.348 e. The smallest absolute Gasteiger partial charge is 0.259 e. The van der Waals surface area contributed by atoms with Crippen LogP contribution in [0.4, 0.5) is 0 Å². The molecule has 1 saturated heterocycles. The quantitative estimate of drug-likeness (QED) is 0.831. The molecule has 0 spiro atoms. The Labute approximate surface area is 166 Å². The molecule has 2 aromatic rings. The third-order valence-electron chi connectivity index (χ3n) is 5.11. The van der Waals surface area contributed by atoms with Gasteiger partial charge >= 0.3 is 0 Å². The van der Waals surface area contributed by atoms with E-state index in [-0.39, 0.29) is 29.8 Å². The van der Waals surface area contributed by atoms with E-state index in [2.05, 4.69) is 41.5 Å². The molecule has 27 heavy (non-hydrogen) atoms. The highest BCUT2D eigenvalue weighted by Gasteiger charge is 2.30. The Morgan fingerprint density at radius 3 is 2.74 bits per heavy atom. The summed E-state index contributed by atoms with van der Waals surface area (Å²) in [6.45, 7) is 8.33. The lowest BCUT2D eigenvalue weighted by Crippen LogP contribution is -2.45. The van der Waals surface area contributed by atoms with Crippen LogP contribution in [-0.4, -0.2) is 35.2 Å². The molecular weight excluding hydrogens is 364 g/mol. The van der Waals surface area contributed by atoms with E-state index in [0.29, 0.717) is 17.2 Å². The van der Waals surface area contributed by atoms with E-state index >= 15 is 0 Å². The summed E-state index contributed by atoms with van der Waals surface area (Å²) in [5.74, 6) is 0.421. The van der Waals surface area contributed by atoms with Crippen molar-refractivity contribution in [2.75, 3.05) is 13.1 Å². The molecule has 148 valence electrons. The van der Waals surface area contributed by atoms with Gasteiger partial charge in [0.25, 0.3) is 11.6 Å². The van der Waals surface area contributed by atoms with E-state index in [1.54, 1.807) is 0 Å². The molecule has 3 heterocycles. The summed E-state index contributed by atoms with van der Waals surface area (Å²) in [4.78, 5) is 17.8. The zero-order chi connectivity index (χ0) is 18.3. The molecule has 7 heteroatoms. The molecule has 6 nitrogen and oxygen atoms in total. The van der Waals surface area contributed by atoms with E-state index in [9.17, 15) is 4.79 Å². The summed E-state index contributed by atoms with van der Waals surface area (Å²) in [6, 6.07) is 2.14. The van der Waals surface area contributed by atoms with Gasteiger partial charge in [0.1, 0.15) is 0 Å². The van der Waals surface area contributed by atoms with Gasteiger partial charge in [-0.15, -0.1) is 12.4 Å². The summed E-state index contributed by atoms with van der Waals surface area (Å²) >= 11 is 0. The fraction of sp³-hybridized carbons (Fsp3) is 0.650. The molecule has 2 aromatic heterocycles. The van der Waals surface area contributed by atoms with Gasteiger partial charge in [-0.2, -0.15) is 0 Å². The molecule has 1 amide bonds. The number of fused-ring (bicyclic) bond motifs is 1. The number of hydrogen-bond donors (Lipinski definition) is 2. The lowest BCUT2D eigenvalue weighted by Gasteiger charge is -2.24. The lowest BCUT2D eigenvalue weighted by atomic mass is 9.89. The van der Waals surface area contributed by atoms with Gasteiger partial charge in [0, 0.05) is 24.2 Å². The van der Waals surface area contributed by atoms with Gasteiger partial charge in [0.15, 0.2) is 0 Å². The molecule has 2 aliphatic rings. The van der Waals surface area contributed by atoms with Crippen LogP contribution in [0.5, 0.6) is 0 Å². The van der Waals surface area contributed by atoms with E-state index < -0.39 is 0 Å². The van der Waals surface area contributed by atoms with E-state index in [4.69, 9.17) is 4.52 Å². The van der Waals surface area contributed by atoms with Crippen LogP contribution in [-0.2, 0) is 6.42 Å². The van der Waals surface area contributed by atoms with Gasteiger partial charge in [-0.1, -0.05) is 25.9 Å². The Kier molecular flexibility index (Phi) is 5.77. The molecule has 1 aliphatic heterocycles. The maximum atomic E-state index is 13.1. The van der Waals surface area contributed by atoms with Gasteiger partial charge in [-0.25, -0.2) is 4.98 Å². The second-order valence-corrected chi connectivity index (χ2v) is 8.93. The van der Waals surface area contributed by atoms with Crippen LogP contribution in [0.2, 0.25) is 0 Å². The molecule has 2 fully saturated rings. The monoisotopic (exact) mass is 392 g/mol. The van der Waals surface area contributed by atoms with Gasteiger partial charge < -0.3 is 15.2 Å². The first-order valence-corrected chi connectivity index (χ1v) is 9.71. The molecule has 0 aromatic carbocycles. The highest BCUT2D eigenvalue weighted by Crippen LogP contribution is 2.41. The van der Waals surface area contributed by atoms with Gasteiger partial charge in [-0.05, 0) is 50.1 Å². The zero-order valence-electron chi connectivity index (χ0n) is 16.3. The van der Waals surface area contributed by atoms with Crippen molar-refractivity contribution in [3.05, 3.63) is 23.0 Å². The maximum Gasteiger partial charge on any atom is 0.259 e. The van der Waals surface area contributed by atoms with Crippen molar-refractivity contribution in [3.63, 3.8) is 0 Å². The van der Waals surface area contributed by atoms with Crippen molar-refractivity contribution < 1.29 is 9.32 Å². The predicted molar refractivity (Wildman–Crippen MR) is 108 cm³/mol. The Morgan fingerprint density at radius 2 is 2.11 bits per heavy atom. The topological polar surface area (TPSA) is 80.0 Å². The third kappa shape index (κ3) is 4.61. The van der Waals surface area contributed by atoms with Gasteiger partial charge in [0.2, 0.25) is 0 Å². The molecule has 1 unspecified atom stereocenters. The van der Waals surface area contributed by atoms with Crippen LogP contribution in [0.15, 0.2) is 10.6 Å². The maximum absolute atomic E-state index is 13.1. The Hall–Kier alpha value is -1.66. The number of piperidine rings is 1. The van der Waals surface area contributed by atoms with Crippen LogP contribution in [0.25, 0.3) is 11.1 Å². The zero-order valence-corrected chi connectivity index (χ0v) is 17.1. The fourth-order valence-electron chi connectivity index (χ4n) is 3.66. The van der Waals surface area contributed by atoms with E-state index in [1.165, 1.54) is 0 Å². The second-order valence-electron chi connectivity index (χ2n) is 8.93. The number of hydrogen-bond acceptors (Lipinski definition) is 5. The third-order valence-corrected chi connectivity index (χ3v) is 5.11. The number of nitrogens with zero attached hydrogens (tertiary/aromatic N) is 2. The number of amides is 1. The highest BCUT2D eigenvalue weighted by atomic mass is 35.5. The Balaban J connectivity index is 0.00000210. The van der Waals surface area contributed by atoms with Crippen LogP contribution >= 0.6 is 12.4 Å². The molecule has 4 rings (SSSR count).